The van der Waals surface area contributed by atoms with Gasteiger partial charge in [-0.1, -0.05) is 24.3 Å². The first-order chi connectivity index (χ1) is 13.4. The lowest BCUT2D eigenvalue weighted by Gasteiger charge is -2.29. The molecule has 2 heterocycles. The van der Waals surface area contributed by atoms with Gasteiger partial charge in [0.2, 0.25) is 0 Å². The smallest absolute Gasteiger partial charge is 0.308 e. The third-order valence-electron chi connectivity index (χ3n) is 5.01. The highest BCUT2D eigenvalue weighted by atomic mass is 19.4. The normalized spacial score (nSPS) is 14.1. The molecule has 0 bridgehead atoms. The van der Waals surface area contributed by atoms with Crippen molar-refractivity contribution in [1.82, 2.24) is 9.78 Å². The van der Waals surface area contributed by atoms with Crippen LogP contribution in [0.15, 0.2) is 54.7 Å². The minimum atomic E-state index is -4.44. The quantitative estimate of drug-likeness (QED) is 0.636. The highest BCUT2D eigenvalue weighted by Crippen LogP contribution is 2.31. The molecule has 4 nitrogen and oxygen atoms in total. The highest BCUT2D eigenvalue weighted by Gasteiger charge is 2.31. The molecule has 2 aromatic carbocycles. The van der Waals surface area contributed by atoms with E-state index in [2.05, 4.69) is 5.10 Å². The first kappa shape index (κ1) is 18.3. The van der Waals surface area contributed by atoms with Crippen LogP contribution in [0.1, 0.15) is 33.6 Å². The summed E-state index contributed by atoms with van der Waals surface area (Å²) in [4.78, 5) is 14.9. The van der Waals surface area contributed by atoms with Gasteiger partial charge in [0.25, 0.3) is 5.91 Å². The molecule has 144 valence electrons. The summed E-state index contributed by atoms with van der Waals surface area (Å²) in [5.41, 5.74) is 2.40. The summed E-state index contributed by atoms with van der Waals surface area (Å²) in [6.07, 6.45) is -1.23. The van der Waals surface area contributed by atoms with Gasteiger partial charge in [0, 0.05) is 12.2 Å². The fourth-order valence-electron chi connectivity index (χ4n) is 3.58. The summed E-state index contributed by atoms with van der Waals surface area (Å²) in [6, 6.07) is 12.7. The van der Waals surface area contributed by atoms with Gasteiger partial charge < -0.3 is 4.90 Å². The van der Waals surface area contributed by atoms with E-state index in [-0.39, 0.29) is 11.6 Å². The number of carbonyl (C=O) groups excluding carboxylic acids is 1. The third kappa shape index (κ3) is 3.17. The zero-order valence-electron chi connectivity index (χ0n) is 15.2. The van der Waals surface area contributed by atoms with E-state index in [1.807, 2.05) is 24.3 Å². The number of hydrogen-bond acceptors (Lipinski definition) is 2. The highest BCUT2D eigenvalue weighted by molar-refractivity contribution is 6.07. The van der Waals surface area contributed by atoms with Gasteiger partial charge in [-0.25, -0.2) is 4.68 Å². The molecule has 0 radical (unpaired) electrons. The molecule has 1 aliphatic rings. The van der Waals surface area contributed by atoms with Crippen LogP contribution in [0.3, 0.4) is 0 Å². The van der Waals surface area contributed by atoms with Crippen LogP contribution >= 0.6 is 0 Å². The Bertz CT molecular complexity index is 1040. The Kier molecular flexibility index (Phi) is 4.45. The minimum Gasteiger partial charge on any atom is -0.308 e. The number of rotatable bonds is 2. The van der Waals surface area contributed by atoms with Gasteiger partial charge in [0.05, 0.1) is 28.7 Å². The van der Waals surface area contributed by atoms with Crippen LogP contribution < -0.4 is 4.90 Å². The molecule has 0 saturated heterocycles. The standard InChI is InChI=1S/C21H18F3N3O/c1-14-18(20(28)26-11-5-7-15-6-2-3-10-19(15)26)13-25-27(14)17-9-4-8-16(12-17)21(22,23)24/h2-4,6,8-10,12-13H,5,7,11H2,1H3. The zero-order valence-corrected chi connectivity index (χ0v) is 15.2. The average molecular weight is 385 g/mol. The molecule has 0 fully saturated rings. The molecule has 0 atom stereocenters. The van der Waals surface area contributed by atoms with Gasteiger partial charge in [0.15, 0.2) is 0 Å². The molecule has 0 saturated carbocycles. The van der Waals surface area contributed by atoms with E-state index in [9.17, 15) is 18.0 Å². The number of aromatic nitrogens is 2. The number of anilines is 1. The van der Waals surface area contributed by atoms with E-state index < -0.39 is 11.7 Å². The predicted octanol–water partition coefficient (Wildman–Crippen LogP) is 4.79. The molecular formula is C21H18F3N3O. The fraction of sp³-hybridized carbons (Fsp3) is 0.238. The molecule has 0 N–H and O–H groups in total. The van der Waals surface area contributed by atoms with E-state index in [0.717, 1.165) is 36.2 Å². The fourth-order valence-corrected chi connectivity index (χ4v) is 3.58. The summed E-state index contributed by atoms with van der Waals surface area (Å²) in [5, 5.41) is 4.18. The van der Waals surface area contributed by atoms with Crippen LogP contribution in [0.5, 0.6) is 0 Å². The number of halogens is 3. The second kappa shape index (κ2) is 6.82. The molecule has 0 spiro atoms. The summed E-state index contributed by atoms with van der Waals surface area (Å²) >= 11 is 0. The van der Waals surface area contributed by atoms with Crippen molar-refractivity contribution in [3.05, 3.63) is 77.1 Å². The zero-order chi connectivity index (χ0) is 19.9. The van der Waals surface area contributed by atoms with Crippen LogP contribution in [0.25, 0.3) is 5.69 Å². The van der Waals surface area contributed by atoms with Crippen LogP contribution in [0.2, 0.25) is 0 Å². The minimum absolute atomic E-state index is 0.192. The van der Waals surface area contributed by atoms with E-state index in [1.54, 1.807) is 17.9 Å². The van der Waals surface area contributed by atoms with Crippen molar-refractivity contribution in [2.24, 2.45) is 0 Å². The maximum Gasteiger partial charge on any atom is 0.416 e. The predicted molar refractivity (Wildman–Crippen MR) is 99.7 cm³/mol. The van der Waals surface area contributed by atoms with E-state index in [1.165, 1.54) is 16.9 Å². The van der Waals surface area contributed by atoms with Crippen molar-refractivity contribution >= 4 is 11.6 Å². The lowest BCUT2D eigenvalue weighted by Crippen LogP contribution is -2.35. The monoisotopic (exact) mass is 385 g/mol. The lowest BCUT2D eigenvalue weighted by molar-refractivity contribution is -0.137. The Morgan fingerprint density at radius 2 is 1.89 bits per heavy atom. The molecule has 0 aliphatic carbocycles. The van der Waals surface area contributed by atoms with Crippen LogP contribution in [0, 0.1) is 6.92 Å². The number of benzene rings is 2. The molecule has 0 unspecified atom stereocenters. The van der Waals surface area contributed by atoms with Crippen molar-refractivity contribution in [1.29, 1.82) is 0 Å². The third-order valence-corrected chi connectivity index (χ3v) is 5.01. The van der Waals surface area contributed by atoms with E-state index in [0.29, 0.717) is 17.8 Å². The Morgan fingerprint density at radius 3 is 2.68 bits per heavy atom. The number of nitrogens with zero attached hydrogens (tertiary/aromatic N) is 3. The van der Waals surface area contributed by atoms with Crippen LogP contribution in [0.4, 0.5) is 18.9 Å². The Morgan fingerprint density at radius 1 is 1.11 bits per heavy atom. The summed E-state index contributed by atoms with van der Waals surface area (Å²) in [5.74, 6) is -0.192. The van der Waals surface area contributed by atoms with Gasteiger partial charge in [-0.15, -0.1) is 0 Å². The molecule has 1 aliphatic heterocycles. The molecule has 4 rings (SSSR count). The molecule has 3 aromatic rings. The number of aryl methyl sites for hydroxylation is 1. The first-order valence-corrected chi connectivity index (χ1v) is 8.98. The van der Waals surface area contributed by atoms with Crippen molar-refractivity contribution in [3.63, 3.8) is 0 Å². The first-order valence-electron chi connectivity index (χ1n) is 8.98. The number of para-hydroxylation sites is 1. The Hall–Kier alpha value is -3.09. The van der Waals surface area contributed by atoms with Gasteiger partial charge in [0.1, 0.15) is 0 Å². The largest absolute Gasteiger partial charge is 0.416 e. The molecule has 1 amide bonds. The number of carbonyl (C=O) groups is 1. The number of amides is 1. The molecule has 28 heavy (non-hydrogen) atoms. The van der Waals surface area contributed by atoms with Gasteiger partial charge in [-0.05, 0) is 49.6 Å². The van der Waals surface area contributed by atoms with Crippen molar-refractivity contribution in [2.75, 3.05) is 11.4 Å². The van der Waals surface area contributed by atoms with Crippen LogP contribution in [-0.2, 0) is 12.6 Å². The lowest BCUT2D eigenvalue weighted by atomic mass is 10.0. The maximum absolute atomic E-state index is 13.1. The SMILES string of the molecule is Cc1c(C(=O)N2CCCc3ccccc32)cnn1-c1cccc(C(F)(F)F)c1. The summed E-state index contributed by atoms with van der Waals surface area (Å²) < 4.78 is 40.4. The maximum atomic E-state index is 13.1. The number of hydrogen-bond donors (Lipinski definition) is 0. The number of alkyl halides is 3. The summed E-state index contributed by atoms with van der Waals surface area (Å²) in [6.45, 7) is 2.29. The molecule has 7 heteroatoms. The summed E-state index contributed by atoms with van der Waals surface area (Å²) in [7, 11) is 0. The molecular weight excluding hydrogens is 367 g/mol. The Labute approximate surface area is 160 Å². The molecule has 1 aromatic heterocycles. The second-order valence-electron chi connectivity index (χ2n) is 6.79. The Balaban J connectivity index is 1.69. The van der Waals surface area contributed by atoms with Gasteiger partial charge in [-0.2, -0.15) is 18.3 Å². The van der Waals surface area contributed by atoms with E-state index >= 15 is 0 Å². The van der Waals surface area contributed by atoms with Crippen molar-refractivity contribution < 1.29 is 18.0 Å². The average Bonchev–Trinajstić information content (AvgIpc) is 3.08. The van der Waals surface area contributed by atoms with Gasteiger partial charge >= 0.3 is 6.18 Å². The number of fused-ring (bicyclic) bond motifs is 1. The van der Waals surface area contributed by atoms with Crippen LogP contribution in [-0.4, -0.2) is 22.2 Å². The second-order valence-corrected chi connectivity index (χ2v) is 6.79. The van der Waals surface area contributed by atoms with Gasteiger partial charge in [-0.3, -0.25) is 4.79 Å². The van der Waals surface area contributed by atoms with Crippen molar-refractivity contribution in [2.45, 2.75) is 25.9 Å². The van der Waals surface area contributed by atoms with E-state index in [4.69, 9.17) is 0 Å². The van der Waals surface area contributed by atoms with Crippen molar-refractivity contribution in [3.8, 4) is 5.69 Å². The topological polar surface area (TPSA) is 38.1 Å².